The van der Waals surface area contributed by atoms with Crippen LogP contribution in [0.15, 0.2) is 59.5 Å². The van der Waals surface area contributed by atoms with Crippen LogP contribution in [0.5, 0.6) is 5.75 Å². The lowest BCUT2D eigenvalue weighted by Crippen LogP contribution is -2.46. The summed E-state index contributed by atoms with van der Waals surface area (Å²) < 4.78 is 35.0. The van der Waals surface area contributed by atoms with Gasteiger partial charge >= 0.3 is 5.97 Å². The minimum atomic E-state index is -3.94. The number of anilines is 1. The molecule has 29 heavy (non-hydrogen) atoms. The molecule has 2 aromatic rings. The molecule has 0 aliphatic heterocycles. The highest BCUT2D eigenvalue weighted by molar-refractivity contribution is 7.93. The molecule has 1 aliphatic rings. The Bertz CT molecular complexity index is 981. The van der Waals surface area contributed by atoms with Crippen molar-refractivity contribution in [2.45, 2.75) is 35.3 Å². The lowest BCUT2D eigenvalue weighted by Gasteiger charge is -2.26. The number of nitrogens with one attached hydrogen (secondary N) is 1. The van der Waals surface area contributed by atoms with Crippen LogP contribution in [0.1, 0.15) is 25.7 Å². The quantitative estimate of drug-likeness (QED) is 0.696. The number of rotatable bonds is 7. The predicted octanol–water partition coefficient (Wildman–Crippen LogP) is 2.96. The average molecular weight is 417 g/mol. The van der Waals surface area contributed by atoms with Crippen molar-refractivity contribution >= 4 is 27.4 Å². The zero-order chi connectivity index (χ0) is 20.9. The second-order valence-corrected chi connectivity index (χ2v) is 9.13. The molecule has 1 amide bonds. The van der Waals surface area contributed by atoms with Gasteiger partial charge in [0.2, 0.25) is 0 Å². The molecule has 0 heterocycles. The molecule has 8 heteroatoms. The molecule has 1 aliphatic carbocycles. The van der Waals surface area contributed by atoms with E-state index in [1.807, 2.05) is 0 Å². The molecule has 0 aromatic heterocycles. The summed E-state index contributed by atoms with van der Waals surface area (Å²) in [7, 11) is -2.43. The maximum atomic E-state index is 13.2. The smallest absolute Gasteiger partial charge is 0.328 e. The van der Waals surface area contributed by atoms with Crippen LogP contribution in [-0.2, 0) is 24.2 Å². The number of sulfone groups is 1. The van der Waals surface area contributed by atoms with Crippen LogP contribution in [0.2, 0.25) is 0 Å². The maximum Gasteiger partial charge on any atom is 0.328 e. The Morgan fingerprint density at radius 1 is 1.03 bits per heavy atom. The molecule has 7 nitrogen and oxygen atoms in total. The van der Waals surface area contributed by atoms with E-state index in [0.717, 1.165) is 0 Å². The fourth-order valence-corrected chi connectivity index (χ4v) is 5.59. The average Bonchev–Trinajstić information content (AvgIpc) is 3.25. The van der Waals surface area contributed by atoms with Crippen molar-refractivity contribution in [2.75, 3.05) is 19.0 Å². The van der Waals surface area contributed by atoms with Gasteiger partial charge in [-0.15, -0.1) is 0 Å². The van der Waals surface area contributed by atoms with Crippen molar-refractivity contribution in [3.8, 4) is 5.75 Å². The number of hydrogen-bond donors (Lipinski definition) is 1. The van der Waals surface area contributed by atoms with Crippen LogP contribution < -0.4 is 10.1 Å². The van der Waals surface area contributed by atoms with Crippen molar-refractivity contribution in [1.29, 1.82) is 0 Å². The van der Waals surface area contributed by atoms with E-state index in [1.54, 1.807) is 42.5 Å². The Labute approximate surface area is 169 Å². The summed E-state index contributed by atoms with van der Waals surface area (Å²) in [6.45, 7) is -0.567. The Morgan fingerprint density at radius 3 is 2.38 bits per heavy atom. The van der Waals surface area contributed by atoms with Gasteiger partial charge in [0.15, 0.2) is 21.2 Å². The van der Waals surface area contributed by atoms with Crippen LogP contribution >= 0.6 is 0 Å². The molecular weight excluding hydrogens is 394 g/mol. The molecule has 2 aromatic carbocycles. The summed E-state index contributed by atoms with van der Waals surface area (Å²) in [5.41, 5.74) is 0.484. The van der Waals surface area contributed by atoms with Crippen molar-refractivity contribution in [3.63, 3.8) is 0 Å². The minimum absolute atomic E-state index is 0.0830. The molecular formula is C21H23NO6S. The molecule has 0 atom stereocenters. The van der Waals surface area contributed by atoms with Crippen LogP contribution in [-0.4, -0.2) is 38.8 Å². The lowest BCUT2D eigenvalue weighted by molar-refractivity contribution is -0.149. The van der Waals surface area contributed by atoms with Crippen LogP contribution in [0.4, 0.5) is 5.69 Å². The van der Waals surface area contributed by atoms with Gasteiger partial charge in [-0.25, -0.2) is 8.42 Å². The Morgan fingerprint density at radius 2 is 1.72 bits per heavy atom. The summed E-state index contributed by atoms with van der Waals surface area (Å²) in [5, 5.41) is 2.60. The van der Waals surface area contributed by atoms with Crippen molar-refractivity contribution in [1.82, 2.24) is 0 Å². The number of carbonyl (C=O) groups is 2. The Hall–Kier alpha value is -2.87. The molecule has 0 bridgehead atoms. The minimum Gasteiger partial charge on any atom is -0.497 e. The van der Waals surface area contributed by atoms with Gasteiger partial charge in [-0.2, -0.15) is 0 Å². The van der Waals surface area contributed by atoms with Gasteiger partial charge in [0, 0.05) is 11.8 Å². The van der Waals surface area contributed by atoms with Crippen molar-refractivity contribution in [2.24, 2.45) is 0 Å². The first kappa shape index (κ1) is 20.9. The Kier molecular flexibility index (Phi) is 6.22. The normalized spacial score (nSPS) is 15.5. The number of ether oxygens (including phenoxy) is 2. The monoisotopic (exact) mass is 417 g/mol. The van der Waals surface area contributed by atoms with Gasteiger partial charge in [-0.1, -0.05) is 37.1 Å². The first-order valence-electron chi connectivity index (χ1n) is 9.30. The zero-order valence-corrected chi connectivity index (χ0v) is 16.9. The lowest BCUT2D eigenvalue weighted by atomic mass is 10.1. The second-order valence-electron chi connectivity index (χ2n) is 6.87. The van der Waals surface area contributed by atoms with Gasteiger partial charge in [0.25, 0.3) is 5.91 Å². The number of amides is 1. The number of hydrogen-bond acceptors (Lipinski definition) is 6. The third kappa shape index (κ3) is 4.27. The van der Waals surface area contributed by atoms with Crippen LogP contribution in [0, 0.1) is 0 Å². The number of benzene rings is 2. The SMILES string of the molecule is COc1cccc(NC(=O)COC(=O)C2(S(=O)(=O)c3ccccc3)CCCC2)c1. The molecule has 154 valence electrons. The summed E-state index contributed by atoms with van der Waals surface area (Å²) in [6.07, 6.45) is 1.58. The molecule has 1 saturated carbocycles. The number of methoxy groups -OCH3 is 1. The molecule has 0 unspecified atom stereocenters. The highest BCUT2D eigenvalue weighted by Gasteiger charge is 2.54. The van der Waals surface area contributed by atoms with E-state index in [2.05, 4.69) is 5.32 Å². The third-order valence-corrected chi connectivity index (χ3v) is 7.54. The van der Waals surface area contributed by atoms with Crippen LogP contribution in [0.25, 0.3) is 0 Å². The van der Waals surface area contributed by atoms with E-state index in [9.17, 15) is 18.0 Å². The fraction of sp³-hybridized carbons (Fsp3) is 0.333. The summed E-state index contributed by atoms with van der Waals surface area (Å²) in [5.74, 6) is -0.866. The summed E-state index contributed by atoms with van der Waals surface area (Å²) >= 11 is 0. The summed E-state index contributed by atoms with van der Waals surface area (Å²) in [6, 6.07) is 14.6. The van der Waals surface area contributed by atoms with E-state index in [0.29, 0.717) is 24.3 Å². The standard InChI is InChI=1S/C21H23NO6S/c1-27-17-9-7-8-16(14-17)22-19(23)15-28-20(24)21(12-5-6-13-21)29(25,26)18-10-3-2-4-11-18/h2-4,7-11,14H,5-6,12-13,15H2,1H3,(H,22,23). The van der Waals surface area contributed by atoms with Gasteiger partial charge in [0.1, 0.15) is 5.75 Å². The van der Waals surface area contributed by atoms with E-state index in [4.69, 9.17) is 9.47 Å². The van der Waals surface area contributed by atoms with Gasteiger partial charge in [-0.05, 0) is 37.1 Å². The third-order valence-electron chi connectivity index (χ3n) is 5.04. The van der Waals surface area contributed by atoms with Crippen molar-refractivity contribution in [3.05, 3.63) is 54.6 Å². The number of carbonyl (C=O) groups excluding carboxylic acids is 2. The zero-order valence-electron chi connectivity index (χ0n) is 16.1. The number of esters is 1. The van der Waals surface area contributed by atoms with E-state index in [1.165, 1.54) is 19.2 Å². The predicted molar refractivity (Wildman–Crippen MR) is 107 cm³/mol. The van der Waals surface area contributed by atoms with Gasteiger partial charge < -0.3 is 14.8 Å². The molecule has 0 saturated heterocycles. The molecule has 1 fully saturated rings. The fourth-order valence-electron chi connectivity index (χ4n) is 3.51. The molecule has 0 radical (unpaired) electrons. The highest BCUT2D eigenvalue weighted by atomic mass is 32.2. The second kappa shape index (κ2) is 8.65. The summed E-state index contributed by atoms with van der Waals surface area (Å²) in [4.78, 5) is 25.1. The first-order valence-corrected chi connectivity index (χ1v) is 10.8. The largest absolute Gasteiger partial charge is 0.497 e. The maximum absolute atomic E-state index is 13.2. The van der Waals surface area contributed by atoms with Gasteiger partial charge in [0.05, 0.1) is 12.0 Å². The van der Waals surface area contributed by atoms with Crippen molar-refractivity contribution < 1.29 is 27.5 Å². The Balaban J connectivity index is 1.71. The molecule has 1 N–H and O–H groups in total. The van der Waals surface area contributed by atoms with Gasteiger partial charge in [-0.3, -0.25) is 9.59 Å². The van der Waals surface area contributed by atoms with Crippen LogP contribution in [0.3, 0.4) is 0 Å². The first-order chi connectivity index (χ1) is 13.9. The molecule has 3 rings (SSSR count). The van der Waals surface area contributed by atoms with E-state index >= 15 is 0 Å². The highest BCUT2D eigenvalue weighted by Crippen LogP contribution is 2.41. The molecule has 0 spiro atoms. The van der Waals surface area contributed by atoms with E-state index in [-0.39, 0.29) is 17.7 Å². The van der Waals surface area contributed by atoms with E-state index < -0.39 is 33.1 Å². The topological polar surface area (TPSA) is 98.8 Å².